The molecule has 0 bridgehead atoms. The zero-order valence-electron chi connectivity index (χ0n) is 20.6. The van der Waals surface area contributed by atoms with Gasteiger partial charge in [0.15, 0.2) is 11.5 Å². The summed E-state index contributed by atoms with van der Waals surface area (Å²) in [5, 5.41) is 0. The Morgan fingerprint density at radius 3 is 2.59 bits per heavy atom. The number of hydrogen-bond donors (Lipinski definition) is 1. The van der Waals surface area contributed by atoms with Crippen molar-refractivity contribution in [2.45, 2.75) is 82.3 Å². The van der Waals surface area contributed by atoms with E-state index in [1.54, 1.807) is 7.11 Å². The van der Waals surface area contributed by atoms with Crippen LogP contribution < -0.4 is 5.73 Å². The Bertz CT molecular complexity index is 973. The number of nitrogens with two attached hydrogens (primary N) is 1. The summed E-state index contributed by atoms with van der Waals surface area (Å²) in [5.41, 5.74) is 9.29. The van der Waals surface area contributed by atoms with E-state index in [2.05, 4.69) is 18.2 Å². The molecule has 2 heterocycles. The number of aryl methyl sites for hydroxylation is 1. The molecule has 1 atom stereocenters. The normalized spacial score (nSPS) is 33.7. The number of nitrogens with zero attached hydrogens (tertiary/aromatic N) is 2. The predicted octanol–water partition coefficient (Wildman–Crippen LogP) is 3.94. The molecule has 6 heteroatoms. The van der Waals surface area contributed by atoms with E-state index in [4.69, 9.17) is 20.2 Å². The van der Waals surface area contributed by atoms with E-state index in [-0.39, 0.29) is 17.4 Å². The van der Waals surface area contributed by atoms with Crippen LogP contribution in [0.1, 0.15) is 74.5 Å². The van der Waals surface area contributed by atoms with Gasteiger partial charge in [-0.05, 0) is 86.3 Å². The fraction of sp³-hybridized carbons (Fsp3) is 0.714. The van der Waals surface area contributed by atoms with E-state index in [1.165, 1.54) is 30.4 Å². The first-order chi connectivity index (χ1) is 16.5. The number of hydrogen-bond acceptors (Lipinski definition) is 5. The molecular formula is C28H39N3O3. The van der Waals surface area contributed by atoms with Crippen LogP contribution in [0.3, 0.4) is 0 Å². The Morgan fingerprint density at radius 2 is 1.88 bits per heavy atom. The summed E-state index contributed by atoms with van der Waals surface area (Å²) < 4.78 is 11.3. The molecular weight excluding hydrogens is 426 g/mol. The van der Waals surface area contributed by atoms with Gasteiger partial charge in [-0.2, -0.15) is 0 Å². The van der Waals surface area contributed by atoms with E-state index in [1.807, 2.05) is 4.90 Å². The lowest BCUT2D eigenvalue weighted by molar-refractivity contribution is -0.139. The van der Waals surface area contributed by atoms with Crippen molar-refractivity contribution in [3.63, 3.8) is 0 Å². The third-order valence-corrected chi connectivity index (χ3v) is 9.52. The molecule has 0 aromatic heterocycles. The van der Waals surface area contributed by atoms with Gasteiger partial charge < -0.3 is 15.2 Å². The van der Waals surface area contributed by atoms with Gasteiger partial charge in [0.2, 0.25) is 0 Å². The third kappa shape index (κ3) is 3.60. The number of carbonyl (C=O) groups is 1. The second kappa shape index (κ2) is 8.63. The van der Waals surface area contributed by atoms with Crippen LogP contribution in [0.25, 0.3) is 0 Å². The molecule has 1 aromatic carbocycles. The summed E-state index contributed by atoms with van der Waals surface area (Å²) in [4.78, 5) is 21.4. The Kier molecular flexibility index (Phi) is 5.72. The maximum absolute atomic E-state index is 14.5. The number of carbonyl (C=O) groups excluding carboxylic acids is 1. The van der Waals surface area contributed by atoms with Crippen molar-refractivity contribution in [3.8, 4) is 0 Å². The van der Waals surface area contributed by atoms with Crippen molar-refractivity contribution in [1.29, 1.82) is 0 Å². The lowest BCUT2D eigenvalue weighted by Crippen LogP contribution is -2.53. The van der Waals surface area contributed by atoms with Gasteiger partial charge in [-0.3, -0.25) is 9.69 Å². The van der Waals surface area contributed by atoms with Crippen molar-refractivity contribution >= 4 is 11.9 Å². The average Bonchev–Trinajstić information content (AvgIpc) is 3.62. The fourth-order valence-corrected chi connectivity index (χ4v) is 7.21. The highest BCUT2D eigenvalue weighted by Crippen LogP contribution is 2.62. The summed E-state index contributed by atoms with van der Waals surface area (Å²) in [5.74, 6) is 1.86. The quantitative estimate of drug-likeness (QED) is 0.690. The second-order valence-electron chi connectivity index (χ2n) is 11.5. The van der Waals surface area contributed by atoms with E-state index in [9.17, 15) is 4.79 Å². The van der Waals surface area contributed by atoms with Crippen molar-refractivity contribution in [3.05, 3.63) is 34.9 Å². The third-order valence-electron chi connectivity index (χ3n) is 9.52. The molecule has 2 spiro atoms. The molecule has 0 radical (unpaired) electrons. The number of fused-ring (bicyclic) bond motifs is 3. The van der Waals surface area contributed by atoms with E-state index < -0.39 is 5.54 Å². The summed E-state index contributed by atoms with van der Waals surface area (Å²) in [6.07, 6.45) is 12.1. The molecule has 5 aliphatic rings. The van der Waals surface area contributed by atoms with Gasteiger partial charge in [-0.15, -0.1) is 0 Å². The molecule has 34 heavy (non-hydrogen) atoms. The highest BCUT2D eigenvalue weighted by atomic mass is 16.5. The highest BCUT2D eigenvalue weighted by Gasteiger charge is 2.66. The standard InChI is InChI=1S/C28H39N3O3/c1-33-23-8-12-27(13-9-23)17-22-7-6-20(5-4-19-2-3-19)16-24(22)28(27)25(32)31(26(29)30-28)18-21-10-14-34-15-11-21/h6-7,16,19,21,23H,2-5,8-15,17-18H2,1H3,(H2,29,30). The molecule has 6 nitrogen and oxygen atoms in total. The highest BCUT2D eigenvalue weighted by molar-refractivity contribution is 6.08. The molecule has 1 aromatic rings. The Hall–Kier alpha value is -1.92. The number of aliphatic imine (C=N–C) groups is 1. The number of rotatable bonds is 6. The first-order valence-electron chi connectivity index (χ1n) is 13.4. The Labute approximate surface area is 203 Å². The average molecular weight is 466 g/mol. The van der Waals surface area contributed by atoms with E-state index >= 15 is 0 Å². The minimum Gasteiger partial charge on any atom is -0.381 e. The summed E-state index contributed by atoms with van der Waals surface area (Å²) in [7, 11) is 1.81. The first-order valence-corrected chi connectivity index (χ1v) is 13.4. The Balaban J connectivity index is 1.37. The van der Waals surface area contributed by atoms with Crippen LogP contribution in [0.2, 0.25) is 0 Å². The predicted molar refractivity (Wildman–Crippen MR) is 131 cm³/mol. The van der Waals surface area contributed by atoms with Crippen LogP contribution in [0.5, 0.6) is 0 Å². The molecule has 2 N–H and O–H groups in total. The van der Waals surface area contributed by atoms with Crippen LogP contribution in [-0.4, -0.2) is 49.7 Å². The summed E-state index contributed by atoms with van der Waals surface area (Å²) in [6.45, 7) is 2.20. The van der Waals surface area contributed by atoms with E-state index in [0.29, 0.717) is 18.4 Å². The molecule has 3 fully saturated rings. The number of ether oxygens (including phenoxy) is 2. The van der Waals surface area contributed by atoms with E-state index in [0.717, 1.165) is 76.1 Å². The van der Waals surface area contributed by atoms with Gasteiger partial charge in [-0.1, -0.05) is 31.0 Å². The van der Waals surface area contributed by atoms with Gasteiger partial charge in [0.25, 0.3) is 5.91 Å². The van der Waals surface area contributed by atoms with Gasteiger partial charge in [-0.25, -0.2) is 4.99 Å². The smallest absolute Gasteiger partial charge is 0.262 e. The van der Waals surface area contributed by atoms with Crippen molar-refractivity contribution < 1.29 is 14.3 Å². The lowest BCUT2D eigenvalue weighted by Gasteiger charge is -2.45. The summed E-state index contributed by atoms with van der Waals surface area (Å²) >= 11 is 0. The van der Waals surface area contributed by atoms with Crippen LogP contribution in [-0.2, 0) is 32.6 Å². The van der Waals surface area contributed by atoms with Crippen LogP contribution >= 0.6 is 0 Å². The molecule has 6 rings (SSSR count). The zero-order valence-corrected chi connectivity index (χ0v) is 20.6. The largest absolute Gasteiger partial charge is 0.381 e. The maximum Gasteiger partial charge on any atom is 0.262 e. The monoisotopic (exact) mass is 465 g/mol. The minimum absolute atomic E-state index is 0.116. The second-order valence-corrected chi connectivity index (χ2v) is 11.5. The van der Waals surface area contributed by atoms with Gasteiger partial charge in [0.1, 0.15) is 0 Å². The minimum atomic E-state index is -0.869. The molecule has 1 saturated heterocycles. The molecule has 2 saturated carbocycles. The molecule has 184 valence electrons. The molecule has 1 amide bonds. The number of methoxy groups -OCH3 is 1. The Morgan fingerprint density at radius 1 is 1.12 bits per heavy atom. The van der Waals surface area contributed by atoms with Gasteiger partial charge >= 0.3 is 0 Å². The molecule has 1 unspecified atom stereocenters. The first kappa shape index (κ1) is 22.5. The lowest BCUT2D eigenvalue weighted by atomic mass is 9.61. The topological polar surface area (TPSA) is 77.2 Å². The van der Waals surface area contributed by atoms with Gasteiger partial charge in [0, 0.05) is 32.3 Å². The molecule has 3 aliphatic carbocycles. The summed E-state index contributed by atoms with van der Waals surface area (Å²) in [6, 6.07) is 6.90. The SMILES string of the molecule is COC1CCC2(CC1)Cc1ccc(CCC3CC3)cc1C21N=C(N)N(CC2CCOCC2)C1=O. The number of amides is 1. The fourth-order valence-electron chi connectivity index (χ4n) is 7.21. The van der Waals surface area contributed by atoms with Crippen molar-refractivity contribution in [1.82, 2.24) is 4.90 Å². The maximum atomic E-state index is 14.5. The number of guanidine groups is 1. The van der Waals surface area contributed by atoms with Crippen LogP contribution in [0.15, 0.2) is 23.2 Å². The van der Waals surface area contributed by atoms with Gasteiger partial charge in [0.05, 0.1) is 6.10 Å². The molecule has 2 aliphatic heterocycles. The van der Waals surface area contributed by atoms with Crippen molar-refractivity contribution in [2.75, 3.05) is 26.9 Å². The van der Waals surface area contributed by atoms with Crippen LogP contribution in [0.4, 0.5) is 0 Å². The van der Waals surface area contributed by atoms with Crippen molar-refractivity contribution in [2.24, 2.45) is 28.0 Å². The number of benzene rings is 1. The van der Waals surface area contributed by atoms with Crippen LogP contribution in [0, 0.1) is 17.3 Å². The zero-order chi connectivity index (χ0) is 23.3.